The smallest absolute Gasteiger partial charge is 0.0493 e. The molecule has 0 N–H and O–H groups in total. The number of hydrogen-bond donors (Lipinski definition) is 0. The van der Waals surface area contributed by atoms with Crippen LogP contribution in [0, 0.1) is 0 Å². The summed E-state index contributed by atoms with van der Waals surface area (Å²) < 4.78 is 0. The summed E-state index contributed by atoms with van der Waals surface area (Å²) in [6.07, 6.45) is 3.99. The lowest BCUT2D eigenvalue weighted by molar-refractivity contribution is 0.660. The van der Waals surface area contributed by atoms with E-state index in [9.17, 15) is 0 Å². The number of rotatable bonds is 5. The lowest BCUT2D eigenvalue weighted by Gasteiger charge is -2.29. The second-order valence-corrected chi connectivity index (χ2v) is 20.3. The molecular weight excluding hydrogens is 857 g/mol. The van der Waals surface area contributed by atoms with E-state index >= 15 is 0 Å². The molecule has 11 aromatic rings. The highest BCUT2D eigenvalue weighted by Gasteiger charge is 2.36. The van der Waals surface area contributed by atoms with Crippen LogP contribution in [0.3, 0.4) is 0 Å². The molecule has 2 heterocycles. The number of fused-ring (bicyclic) bond motifs is 9. The van der Waals surface area contributed by atoms with E-state index in [2.05, 4.69) is 254 Å². The molecular formula is C69H52N2. The molecule has 2 nitrogen and oxygen atoms in total. The minimum Gasteiger partial charge on any atom is -0.310 e. The van der Waals surface area contributed by atoms with Crippen molar-refractivity contribution < 1.29 is 0 Å². The number of nitrogens with zero attached hydrogens (tertiary/aromatic N) is 2. The summed E-state index contributed by atoms with van der Waals surface area (Å²) in [5.74, 6) is 0. The van der Waals surface area contributed by atoms with Gasteiger partial charge in [0.05, 0.1) is 0 Å². The first kappa shape index (κ1) is 41.5. The number of aryl methyl sites for hydroxylation is 4. The molecule has 71 heavy (non-hydrogen) atoms. The molecule has 0 atom stereocenters. The predicted molar refractivity (Wildman–Crippen MR) is 300 cm³/mol. The summed E-state index contributed by atoms with van der Waals surface area (Å²) in [6, 6.07) is 87.1. The molecule has 338 valence electrons. The fraction of sp³-hybridized carbons (Fsp3) is 0.101. The third-order valence-electron chi connectivity index (χ3n) is 16.0. The SMILES string of the molecule is CC1(C)c2ccccc2-c2ccc(-c3c4ccc(N5c6ccccc6CCc6ccccc65)cc4c(-c4ccc(-c5ccccc5)cc4)c4ccc(N5c6ccccc6CCc6ccccc65)cc34)cc21. The van der Waals surface area contributed by atoms with Crippen LogP contribution < -0.4 is 9.80 Å². The maximum Gasteiger partial charge on any atom is 0.0493 e. The molecule has 11 aromatic carbocycles. The summed E-state index contributed by atoms with van der Waals surface area (Å²) in [6.45, 7) is 4.80. The summed E-state index contributed by atoms with van der Waals surface area (Å²) in [7, 11) is 0. The molecule has 0 radical (unpaired) electrons. The lowest BCUT2D eigenvalue weighted by atomic mass is 9.80. The van der Waals surface area contributed by atoms with E-state index in [1.807, 2.05) is 0 Å². The molecule has 0 saturated heterocycles. The van der Waals surface area contributed by atoms with Crippen molar-refractivity contribution in [2.45, 2.75) is 44.9 Å². The highest BCUT2D eigenvalue weighted by molar-refractivity contribution is 6.23. The molecule has 0 spiro atoms. The minimum atomic E-state index is -0.153. The van der Waals surface area contributed by atoms with Gasteiger partial charge >= 0.3 is 0 Å². The van der Waals surface area contributed by atoms with Crippen LogP contribution in [0.5, 0.6) is 0 Å². The maximum atomic E-state index is 2.53. The summed E-state index contributed by atoms with van der Waals surface area (Å²) in [5.41, 5.74) is 25.4. The van der Waals surface area contributed by atoms with E-state index in [0.717, 1.165) is 37.1 Å². The van der Waals surface area contributed by atoms with E-state index in [1.165, 1.54) is 122 Å². The van der Waals surface area contributed by atoms with Crippen LogP contribution in [0.15, 0.2) is 231 Å². The largest absolute Gasteiger partial charge is 0.310 e. The minimum absolute atomic E-state index is 0.153. The van der Waals surface area contributed by atoms with E-state index < -0.39 is 0 Å². The standard InChI is InChI=1S/C69H52N2/c1-69(2)61-23-11-10-22-55(61)56-39-36-52(42-62(56)69)68-58-41-38-53(70-63-24-12-6-18-47(63)30-31-48-19-7-13-25-64(48)70)43-59(58)67(51-34-28-46(29-35-51)45-16-4-3-5-17-45)57-40-37-54(44-60(57)68)71-65-26-14-8-20-49(65)32-33-50-21-9-15-27-66(50)71/h3-29,34-44H,30-33H2,1-2H3. The first-order valence-corrected chi connectivity index (χ1v) is 25.3. The summed E-state index contributed by atoms with van der Waals surface area (Å²) in [5, 5.41) is 4.94. The van der Waals surface area contributed by atoms with Crippen LogP contribution >= 0.6 is 0 Å². The molecule has 14 rings (SSSR count). The quantitative estimate of drug-likeness (QED) is 0.159. The van der Waals surface area contributed by atoms with Crippen molar-refractivity contribution >= 4 is 55.7 Å². The van der Waals surface area contributed by atoms with E-state index in [-0.39, 0.29) is 5.41 Å². The Labute approximate surface area is 416 Å². The molecule has 2 heteroatoms. The number of anilines is 6. The lowest BCUT2D eigenvalue weighted by Crippen LogP contribution is -2.15. The third kappa shape index (κ3) is 6.62. The van der Waals surface area contributed by atoms with E-state index in [4.69, 9.17) is 0 Å². The topological polar surface area (TPSA) is 6.48 Å². The van der Waals surface area contributed by atoms with Crippen molar-refractivity contribution in [1.82, 2.24) is 0 Å². The Bertz CT molecular complexity index is 3820. The third-order valence-corrected chi connectivity index (χ3v) is 16.0. The number of hydrogen-bond acceptors (Lipinski definition) is 2. The van der Waals surface area contributed by atoms with Crippen LogP contribution in [0.2, 0.25) is 0 Å². The van der Waals surface area contributed by atoms with Gasteiger partial charge < -0.3 is 9.80 Å². The van der Waals surface area contributed by atoms with Gasteiger partial charge in [0.2, 0.25) is 0 Å². The number of para-hydroxylation sites is 4. The molecule has 0 fully saturated rings. The van der Waals surface area contributed by atoms with Crippen molar-refractivity contribution in [3.05, 3.63) is 264 Å². The summed E-state index contributed by atoms with van der Waals surface area (Å²) >= 11 is 0. The molecule has 0 aromatic heterocycles. The van der Waals surface area contributed by atoms with Gasteiger partial charge in [-0.15, -0.1) is 0 Å². The monoisotopic (exact) mass is 908 g/mol. The Balaban J connectivity index is 1.09. The van der Waals surface area contributed by atoms with E-state index in [0.29, 0.717) is 0 Å². The Kier molecular flexibility index (Phi) is 9.54. The highest BCUT2D eigenvalue weighted by atomic mass is 15.2. The highest BCUT2D eigenvalue weighted by Crippen LogP contribution is 2.54. The second kappa shape index (κ2) is 16.3. The van der Waals surface area contributed by atoms with Crippen molar-refractivity contribution in [2.24, 2.45) is 0 Å². The van der Waals surface area contributed by atoms with Gasteiger partial charge in [0, 0.05) is 39.5 Å². The van der Waals surface area contributed by atoms with Crippen LogP contribution in [0.4, 0.5) is 34.1 Å². The molecule has 0 saturated carbocycles. The van der Waals surface area contributed by atoms with Gasteiger partial charge in [0.1, 0.15) is 0 Å². The maximum absolute atomic E-state index is 2.53. The molecule has 0 amide bonds. The fourth-order valence-electron chi connectivity index (χ4n) is 12.5. The second-order valence-electron chi connectivity index (χ2n) is 20.3. The zero-order valence-electron chi connectivity index (χ0n) is 40.2. The summed E-state index contributed by atoms with van der Waals surface area (Å²) in [4.78, 5) is 5.05. The van der Waals surface area contributed by atoms with Crippen molar-refractivity contribution in [1.29, 1.82) is 0 Å². The van der Waals surface area contributed by atoms with Crippen LogP contribution in [0.1, 0.15) is 47.2 Å². The van der Waals surface area contributed by atoms with Crippen LogP contribution in [-0.4, -0.2) is 0 Å². The Morgan fingerprint density at radius 3 is 1.21 bits per heavy atom. The van der Waals surface area contributed by atoms with Crippen molar-refractivity contribution in [2.75, 3.05) is 9.80 Å². The zero-order valence-corrected chi connectivity index (χ0v) is 40.2. The zero-order chi connectivity index (χ0) is 47.2. The van der Waals surface area contributed by atoms with Gasteiger partial charge in [-0.2, -0.15) is 0 Å². The molecule has 2 aliphatic heterocycles. The van der Waals surface area contributed by atoms with Gasteiger partial charge in [-0.1, -0.05) is 190 Å². The first-order valence-electron chi connectivity index (χ1n) is 25.3. The average Bonchev–Trinajstić information content (AvgIpc) is 3.54. The first-order chi connectivity index (χ1) is 35.0. The molecule has 0 bridgehead atoms. The Morgan fingerprint density at radius 1 is 0.296 bits per heavy atom. The van der Waals surface area contributed by atoms with E-state index in [1.54, 1.807) is 0 Å². The number of benzene rings is 11. The Morgan fingerprint density at radius 2 is 0.690 bits per heavy atom. The van der Waals surface area contributed by atoms with Crippen molar-refractivity contribution in [3.8, 4) is 44.5 Å². The average molecular weight is 909 g/mol. The molecule has 0 unspecified atom stereocenters. The van der Waals surface area contributed by atoms with Gasteiger partial charge in [0.15, 0.2) is 0 Å². The van der Waals surface area contributed by atoms with Gasteiger partial charge in [-0.25, -0.2) is 0 Å². The van der Waals surface area contributed by atoms with Gasteiger partial charge in [0.25, 0.3) is 0 Å². The fourth-order valence-corrected chi connectivity index (χ4v) is 12.5. The Hall–Kier alpha value is -8.46. The van der Waals surface area contributed by atoms with Crippen LogP contribution in [-0.2, 0) is 31.1 Å². The van der Waals surface area contributed by atoms with Gasteiger partial charge in [-0.05, 0) is 180 Å². The normalized spacial score (nSPS) is 14.2. The molecule has 1 aliphatic carbocycles. The van der Waals surface area contributed by atoms with Gasteiger partial charge in [-0.3, -0.25) is 0 Å². The van der Waals surface area contributed by atoms with Crippen LogP contribution in [0.25, 0.3) is 66.1 Å². The van der Waals surface area contributed by atoms with Crippen molar-refractivity contribution in [3.63, 3.8) is 0 Å². The molecule has 3 aliphatic rings. The predicted octanol–water partition coefficient (Wildman–Crippen LogP) is 18.4.